The van der Waals surface area contributed by atoms with E-state index in [1.165, 1.54) is 5.56 Å². The van der Waals surface area contributed by atoms with Crippen LogP contribution in [0.5, 0.6) is 11.5 Å². The van der Waals surface area contributed by atoms with Crippen molar-refractivity contribution < 1.29 is 9.47 Å². The summed E-state index contributed by atoms with van der Waals surface area (Å²) in [5.41, 5.74) is 2.30. The largest absolute Gasteiger partial charge is 0.493 e. The van der Waals surface area contributed by atoms with Crippen molar-refractivity contribution in [2.24, 2.45) is 4.99 Å². The second kappa shape index (κ2) is 11.6. The van der Waals surface area contributed by atoms with Gasteiger partial charge in [-0.05, 0) is 49.1 Å². The van der Waals surface area contributed by atoms with Crippen molar-refractivity contribution in [3.05, 3.63) is 66.4 Å². The molecule has 1 aromatic carbocycles. The molecule has 0 saturated heterocycles. The van der Waals surface area contributed by atoms with E-state index in [4.69, 9.17) is 9.47 Å². The number of nitrogens with zero attached hydrogens (tertiary/aromatic N) is 4. The Hall–Kier alpha value is -3.55. The molecule has 0 aliphatic carbocycles. The molecule has 2 N–H and O–H groups in total. The van der Waals surface area contributed by atoms with Gasteiger partial charge in [-0.3, -0.25) is 9.56 Å². The number of guanidine groups is 1. The molecule has 0 fully saturated rings. The van der Waals surface area contributed by atoms with Crippen LogP contribution < -0.4 is 20.1 Å². The number of methoxy groups -OCH3 is 1. The number of hydrogen-bond donors (Lipinski definition) is 2. The molecule has 0 atom stereocenters. The molecule has 0 aliphatic rings. The van der Waals surface area contributed by atoms with E-state index in [1.807, 2.05) is 42.1 Å². The number of nitrogens with one attached hydrogen (secondary N) is 2. The molecule has 0 bridgehead atoms. The molecule has 2 heterocycles. The molecule has 0 amide bonds. The van der Waals surface area contributed by atoms with Crippen LogP contribution in [0.4, 0.5) is 0 Å². The van der Waals surface area contributed by atoms with Crippen molar-refractivity contribution in [3.8, 4) is 17.3 Å². The smallest absolute Gasteiger partial charge is 0.191 e. The first-order chi connectivity index (χ1) is 15.2. The van der Waals surface area contributed by atoms with Crippen LogP contribution in [0.2, 0.25) is 0 Å². The summed E-state index contributed by atoms with van der Waals surface area (Å²) < 4.78 is 12.9. The first kappa shape index (κ1) is 22.1. The normalized spacial score (nSPS) is 11.3. The molecular weight excluding hydrogens is 392 g/mol. The third-order valence-corrected chi connectivity index (χ3v) is 4.72. The molecule has 0 saturated carbocycles. The van der Waals surface area contributed by atoms with Gasteiger partial charge in [0.1, 0.15) is 12.1 Å². The van der Waals surface area contributed by atoms with Gasteiger partial charge in [0.2, 0.25) is 0 Å². The average Bonchev–Trinajstić information content (AvgIpc) is 3.34. The third-order valence-electron chi connectivity index (χ3n) is 4.72. The lowest BCUT2D eigenvalue weighted by Crippen LogP contribution is -2.37. The van der Waals surface area contributed by atoms with Crippen LogP contribution in [0.25, 0.3) is 5.82 Å². The zero-order valence-electron chi connectivity index (χ0n) is 18.3. The van der Waals surface area contributed by atoms with Gasteiger partial charge in [-0.2, -0.15) is 0 Å². The summed E-state index contributed by atoms with van der Waals surface area (Å²) >= 11 is 0. The second-order valence-corrected chi connectivity index (χ2v) is 6.87. The molecule has 31 heavy (non-hydrogen) atoms. The van der Waals surface area contributed by atoms with Gasteiger partial charge in [0.05, 0.1) is 13.7 Å². The highest BCUT2D eigenvalue weighted by molar-refractivity contribution is 5.79. The van der Waals surface area contributed by atoms with Gasteiger partial charge in [-0.1, -0.05) is 12.1 Å². The molecule has 8 nitrogen and oxygen atoms in total. The molecular formula is C23H30N6O2. The van der Waals surface area contributed by atoms with Gasteiger partial charge in [0.15, 0.2) is 17.5 Å². The first-order valence-corrected chi connectivity index (χ1v) is 10.4. The standard InChI is InChI=1S/C23H30N6O2/c1-4-31-21-14-18(7-9-20(21)30-3)6-5-11-26-23(24-2)28-16-19-8-10-22(27-15-19)29-13-12-25-17-29/h7-10,12-15,17H,4-6,11,16H2,1-3H3,(H2,24,26,28). The summed E-state index contributed by atoms with van der Waals surface area (Å²) in [6.45, 7) is 4.05. The quantitative estimate of drug-likeness (QED) is 0.297. The molecule has 8 heteroatoms. The number of pyridine rings is 1. The highest BCUT2D eigenvalue weighted by atomic mass is 16.5. The molecule has 3 rings (SSSR count). The second-order valence-electron chi connectivity index (χ2n) is 6.87. The van der Waals surface area contributed by atoms with Crippen LogP contribution in [0.3, 0.4) is 0 Å². The van der Waals surface area contributed by atoms with Crippen LogP contribution in [0, 0.1) is 0 Å². The topological polar surface area (TPSA) is 85.6 Å². The predicted molar refractivity (Wildman–Crippen MR) is 122 cm³/mol. The fourth-order valence-corrected chi connectivity index (χ4v) is 3.12. The lowest BCUT2D eigenvalue weighted by Gasteiger charge is -2.13. The Kier molecular flexibility index (Phi) is 8.28. The summed E-state index contributed by atoms with van der Waals surface area (Å²) in [5.74, 6) is 3.17. The Bertz CT molecular complexity index is 955. The SMILES string of the molecule is CCOc1cc(CCCNC(=NC)NCc2ccc(-n3ccnc3)nc2)ccc1OC. The van der Waals surface area contributed by atoms with Crippen LogP contribution in [-0.2, 0) is 13.0 Å². The molecule has 164 valence electrons. The van der Waals surface area contributed by atoms with Gasteiger partial charge in [-0.25, -0.2) is 9.97 Å². The maximum Gasteiger partial charge on any atom is 0.191 e. The molecule has 0 aliphatic heterocycles. The minimum absolute atomic E-state index is 0.616. The minimum Gasteiger partial charge on any atom is -0.493 e. The van der Waals surface area contributed by atoms with Gasteiger partial charge in [-0.15, -0.1) is 0 Å². The van der Waals surface area contributed by atoms with E-state index in [1.54, 1.807) is 26.7 Å². The highest BCUT2D eigenvalue weighted by Gasteiger charge is 2.06. The van der Waals surface area contributed by atoms with E-state index in [2.05, 4.69) is 37.7 Å². The van der Waals surface area contributed by atoms with Crippen LogP contribution >= 0.6 is 0 Å². The maximum absolute atomic E-state index is 5.65. The summed E-state index contributed by atoms with van der Waals surface area (Å²) in [6.07, 6.45) is 9.10. The number of aryl methyl sites for hydroxylation is 1. The zero-order valence-corrected chi connectivity index (χ0v) is 18.3. The highest BCUT2D eigenvalue weighted by Crippen LogP contribution is 2.28. The first-order valence-electron chi connectivity index (χ1n) is 10.4. The van der Waals surface area contributed by atoms with E-state index < -0.39 is 0 Å². The average molecular weight is 423 g/mol. The Morgan fingerprint density at radius 3 is 2.68 bits per heavy atom. The summed E-state index contributed by atoms with van der Waals surface area (Å²) in [5, 5.41) is 6.68. The molecule has 2 aromatic heterocycles. The fourth-order valence-electron chi connectivity index (χ4n) is 3.12. The molecule has 0 spiro atoms. The minimum atomic E-state index is 0.616. The van der Waals surface area contributed by atoms with Crippen LogP contribution in [0.1, 0.15) is 24.5 Å². The number of rotatable bonds is 10. The van der Waals surface area contributed by atoms with E-state index in [9.17, 15) is 0 Å². The Morgan fingerprint density at radius 2 is 2.00 bits per heavy atom. The van der Waals surface area contributed by atoms with E-state index in [-0.39, 0.29) is 0 Å². The Labute approximate surface area is 183 Å². The number of aliphatic imine (C=N–C) groups is 1. The monoisotopic (exact) mass is 422 g/mol. The summed E-state index contributed by atoms with van der Waals surface area (Å²) in [6, 6.07) is 10.1. The maximum atomic E-state index is 5.65. The molecule has 0 unspecified atom stereocenters. The van der Waals surface area contributed by atoms with Crippen LogP contribution in [-0.4, -0.2) is 47.8 Å². The third kappa shape index (κ3) is 6.47. The van der Waals surface area contributed by atoms with Crippen molar-refractivity contribution >= 4 is 5.96 Å². The van der Waals surface area contributed by atoms with Crippen molar-refractivity contribution in [3.63, 3.8) is 0 Å². The van der Waals surface area contributed by atoms with Gasteiger partial charge >= 0.3 is 0 Å². The fraction of sp³-hybridized carbons (Fsp3) is 0.348. The van der Waals surface area contributed by atoms with E-state index in [0.29, 0.717) is 13.2 Å². The Morgan fingerprint density at radius 1 is 1.13 bits per heavy atom. The predicted octanol–water partition coefficient (Wildman–Crippen LogP) is 2.97. The van der Waals surface area contributed by atoms with Crippen molar-refractivity contribution in [1.29, 1.82) is 0 Å². The number of hydrogen-bond acceptors (Lipinski definition) is 5. The summed E-state index contributed by atoms with van der Waals surface area (Å²) in [4.78, 5) is 12.8. The van der Waals surface area contributed by atoms with Crippen LogP contribution in [0.15, 0.2) is 60.2 Å². The molecule has 3 aromatic rings. The molecule has 0 radical (unpaired) electrons. The van der Waals surface area contributed by atoms with E-state index >= 15 is 0 Å². The Balaban J connectivity index is 1.42. The van der Waals surface area contributed by atoms with Gasteiger partial charge < -0.3 is 20.1 Å². The number of benzene rings is 1. The van der Waals surface area contributed by atoms with Crippen molar-refractivity contribution in [2.75, 3.05) is 27.3 Å². The number of ether oxygens (including phenoxy) is 2. The summed E-state index contributed by atoms with van der Waals surface area (Å²) in [7, 11) is 3.43. The van der Waals surface area contributed by atoms with Crippen molar-refractivity contribution in [1.82, 2.24) is 25.2 Å². The van der Waals surface area contributed by atoms with E-state index in [0.717, 1.165) is 48.2 Å². The number of imidazole rings is 1. The lowest BCUT2D eigenvalue weighted by atomic mass is 10.1. The van der Waals surface area contributed by atoms with Gasteiger partial charge in [0, 0.05) is 38.7 Å². The zero-order chi connectivity index (χ0) is 21.9. The van der Waals surface area contributed by atoms with Crippen molar-refractivity contribution in [2.45, 2.75) is 26.3 Å². The lowest BCUT2D eigenvalue weighted by molar-refractivity contribution is 0.310. The number of aromatic nitrogens is 3. The van der Waals surface area contributed by atoms with Gasteiger partial charge in [0.25, 0.3) is 0 Å².